The van der Waals surface area contributed by atoms with Crippen molar-refractivity contribution in [3.63, 3.8) is 0 Å². The average molecular weight is 308 g/mol. The van der Waals surface area contributed by atoms with Gasteiger partial charge in [-0.1, -0.05) is 11.8 Å². The Morgan fingerprint density at radius 3 is 2.76 bits per heavy atom. The van der Waals surface area contributed by atoms with E-state index in [1.165, 1.54) is 6.20 Å². The molecule has 1 aromatic rings. The van der Waals surface area contributed by atoms with Crippen LogP contribution in [0.5, 0.6) is 0 Å². The molecule has 1 N–H and O–H groups in total. The van der Waals surface area contributed by atoms with E-state index in [0.29, 0.717) is 9.80 Å². The summed E-state index contributed by atoms with van der Waals surface area (Å²) in [5, 5.41) is 0. The lowest BCUT2D eigenvalue weighted by Crippen LogP contribution is -2.30. The van der Waals surface area contributed by atoms with Gasteiger partial charge in [-0.3, -0.25) is 9.54 Å². The highest BCUT2D eigenvalue weighted by Gasteiger charge is 2.37. The highest BCUT2D eigenvalue weighted by atomic mass is 32.2. The van der Waals surface area contributed by atoms with Crippen LogP contribution in [0, 0.1) is 0 Å². The van der Waals surface area contributed by atoms with Crippen LogP contribution in [-0.4, -0.2) is 27.0 Å². The van der Waals surface area contributed by atoms with Crippen molar-refractivity contribution in [1.82, 2.24) is 9.29 Å². The Hall–Kier alpha value is -0.350. The number of pyridine rings is 1. The van der Waals surface area contributed by atoms with Crippen molar-refractivity contribution in [2.24, 2.45) is 0 Å². The van der Waals surface area contributed by atoms with E-state index in [0.717, 1.165) is 16.1 Å². The van der Waals surface area contributed by atoms with Crippen LogP contribution in [0.4, 0.5) is 0 Å². The summed E-state index contributed by atoms with van der Waals surface area (Å²) < 4.78 is 32.3. The Bertz CT molecular complexity index is 557. The molecule has 1 atom stereocenters. The number of thiol groups is 2. The molecule has 1 unspecified atom stereocenters. The van der Waals surface area contributed by atoms with E-state index in [1.54, 1.807) is 18.3 Å². The first-order valence-corrected chi connectivity index (χ1v) is 7.60. The Balaban J connectivity index is 2.54. The van der Waals surface area contributed by atoms with Gasteiger partial charge in [0.2, 0.25) is 0 Å². The van der Waals surface area contributed by atoms with Crippen molar-refractivity contribution in [2.75, 3.05) is 0 Å². The van der Waals surface area contributed by atoms with Gasteiger partial charge in [-0.25, -0.2) is 4.31 Å². The summed E-state index contributed by atoms with van der Waals surface area (Å²) in [5.41, 5.74) is 0.841. The number of thioether (sulfide) groups is 1. The number of hydrogen-bond donors (Lipinski definition) is 3. The van der Waals surface area contributed by atoms with Crippen LogP contribution in [-0.2, 0) is 10.3 Å². The molecule has 0 saturated heterocycles. The molecule has 9 heteroatoms. The number of rotatable bonds is 2. The summed E-state index contributed by atoms with van der Waals surface area (Å²) >= 11 is 9.41. The maximum atomic E-state index is 11.3. The predicted molar refractivity (Wildman–Crippen MR) is 73.9 cm³/mol. The number of nitrogens with zero attached hydrogens (tertiary/aromatic N) is 2. The van der Waals surface area contributed by atoms with Gasteiger partial charge in [0.05, 0.1) is 9.93 Å². The molecule has 17 heavy (non-hydrogen) atoms. The smallest absolute Gasteiger partial charge is 0.269 e. The molecule has 1 aliphatic rings. The molecule has 0 spiro atoms. The van der Waals surface area contributed by atoms with Gasteiger partial charge in [0.15, 0.2) is 0 Å². The summed E-state index contributed by atoms with van der Waals surface area (Å²) in [5.74, 6) is 0. The van der Waals surface area contributed by atoms with Crippen LogP contribution in [0.2, 0.25) is 0 Å². The van der Waals surface area contributed by atoms with Crippen LogP contribution >= 0.6 is 37.0 Å². The number of aromatic nitrogens is 1. The quantitative estimate of drug-likeness (QED) is 0.573. The molecule has 0 aromatic carbocycles. The maximum Gasteiger partial charge on any atom is 0.361 e. The Morgan fingerprint density at radius 1 is 1.53 bits per heavy atom. The first-order chi connectivity index (χ1) is 7.91. The Morgan fingerprint density at radius 2 is 2.24 bits per heavy atom. The van der Waals surface area contributed by atoms with Crippen LogP contribution in [0.25, 0.3) is 5.70 Å². The standard InChI is InChI=1S/C8H8N2O3S4/c11-17(12,13)10-6(7(14)16-8(10)15)5-2-1-3-9-4-5/h1-4,8,14-15H,(H,11,12,13). The Kier molecular flexibility index (Phi) is 3.64. The molecule has 2 heterocycles. The van der Waals surface area contributed by atoms with Gasteiger partial charge in [0, 0.05) is 18.0 Å². The first-order valence-electron chi connectivity index (χ1n) is 4.36. The first kappa shape index (κ1) is 13.1. The molecule has 0 amide bonds. The van der Waals surface area contributed by atoms with Gasteiger partial charge < -0.3 is 0 Å². The van der Waals surface area contributed by atoms with Crippen molar-refractivity contribution < 1.29 is 13.0 Å². The zero-order valence-corrected chi connectivity index (χ0v) is 11.7. The van der Waals surface area contributed by atoms with Gasteiger partial charge in [0.25, 0.3) is 0 Å². The predicted octanol–water partition coefficient (Wildman–Crippen LogP) is 1.70. The number of hydrogen-bond acceptors (Lipinski definition) is 6. The summed E-state index contributed by atoms with van der Waals surface area (Å²) in [6.07, 6.45) is 3.07. The molecule has 0 fully saturated rings. The molecular formula is C8H8N2O3S4. The zero-order chi connectivity index (χ0) is 12.6. The average Bonchev–Trinajstić information content (AvgIpc) is 2.54. The highest BCUT2D eigenvalue weighted by molar-refractivity contribution is 8.22. The lowest BCUT2D eigenvalue weighted by atomic mass is 10.2. The van der Waals surface area contributed by atoms with E-state index < -0.39 is 15.0 Å². The van der Waals surface area contributed by atoms with E-state index in [9.17, 15) is 13.0 Å². The molecule has 5 nitrogen and oxygen atoms in total. The van der Waals surface area contributed by atoms with E-state index in [-0.39, 0.29) is 5.70 Å². The molecule has 0 bridgehead atoms. The molecule has 0 saturated carbocycles. The minimum atomic E-state index is -4.38. The molecule has 0 radical (unpaired) electrons. The zero-order valence-electron chi connectivity index (χ0n) is 8.26. The fourth-order valence-corrected chi connectivity index (χ4v) is 4.93. The van der Waals surface area contributed by atoms with Crippen molar-refractivity contribution in [3.8, 4) is 0 Å². The van der Waals surface area contributed by atoms with E-state index in [1.807, 2.05) is 0 Å². The minimum absolute atomic E-state index is 0.286. The van der Waals surface area contributed by atoms with Crippen molar-refractivity contribution in [2.45, 2.75) is 4.71 Å². The molecule has 2 rings (SSSR count). The van der Waals surface area contributed by atoms with E-state index in [2.05, 4.69) is 30.2 Å². The lowest BCUT2D eigenvalue weighted by molar-refractivity contribution is 0.427. The lowest BCUT2D eigenvalue weighted by Gasteiger charge is -2.21. The molecular weight excluding hydrogens is 300 g/mol. The summed E-state index contributed by atoms with van der Waals surface area (Å²) in [4.78, 5) is 3.90. The summed E-state index contributed by atoms with van der Waals surface area (Å²) in [7, 11) is -4.38. The summed E-state index contributed by atoms with van der Waals surface area (Å²) in [6.45, 7) is 0. The van der Waals surface area contributed by atoms with Crippen molar-refractivity contribution in [3.05, 3.63) is 34.3 Å². The SMILES string of the molecule is O=S(=O)(O)N1C(c2cccnc2)=C(S)SC1S. The third-order valence-electron chi connectivity index (χ3n) is 2.02. The van der Waals surface area contributed by atoms with Crippen LogP contribution < -0.4 is 0 Å². The van der Waals surface area contributed by atoms with E-state index >= 15 is 0 Å². The Labute approximate surface area is 114 Å². The fraction of sp³-hybridized carbons (Fsp3) is 0.125. The monoisotopic (exact) mass is 308 g/mol. The molecule has 0 aliphatic carbocycles. The summed E-state index contributed by atoms with van der Waals surface area (Å²) in [6, 6.07) is 3.35. The second-order valence-electron chi connectivity index (χ2n) is 3.11. The molecule has 1 aliphatic heterocycles. The normalized spacial score (nSPS) is 21.1. The van der Waals surface area contributed by atoms with Crippen LogP contribution in [0.3, 0.4) is 0 Å². The van der Waals surface area contributed by atoms with Gasteiger partial charge in [-0.05, 0) is 12.1 Å². The van der Waals surface area contributed by atoms with Gasteiger partial charge >= 0.3 is 10.3 Å². The molecule has 1 aromatic heterocycles. The third kappa shape index (κ3) is 2.58. The largest absolute Gasteiger partial charge is 0.361 e. The van der Waals surface area contributed by atoms with Gasteiger partial charge in [-0.15, -0.1) is 25.3 Å². The fourth-order valence-electron chi connectivity index (χ4n) is 1.39. The third-order valence-corrected chi connectivity index (χ3v) is 5.12. The van der Waals surface area contributed by atoms with E-state index in [4.69, 9.17) is 0 Å². The van der Waals surface area contributed by atoms with Crippen molar-refractivity contribution >= 4 is 53.0 Å². The molecule has 92 valence electrons. The maximum absolute atomic E-state index is 11.3. The highest BCUT2D eigenvalue weighted by Crippen LogP contribution is 2.47. The second kappa shape index (κ2) is 4.73. The van der Waals surface area contributed by atoms with Gasteiger partial charge in [-0.2, -0.15) is 8.42 Å². The minimum Gasteiger partial charge on any atom is -0.269 e. The van der Waals surface area contributed by atoms with Crippen LogP contribution in [0.1, 0.15) is 5.56 Å². The second-order valence-corrected chi connectivity index (χ2v) is 7.08. The van der Waals surface area contributed by atoms with Crippen LogP contribution in [0.15, 0.2) is 28.8 Å². The van der Waals surface area contributed by atoms with Crippen molar-refractivity contribution in [1.29, 1.82) is 0 Å². The topological polar surface area (TPSA) is 70.5 Å². The van der Waals surface area contributed by atoms with Gasteiger partial charge in [0.1, 0.15) is 4.71 Å².